The van der Waals surface area contributed by atoms with Gasteiger partial charge in [-0.2, -0.15) is 0 Å². The molecular weight excluding hydrogens is 420 g/mol. The van der Waals surface area contributed by atoms with Gasteiger partial charge in [0.05, 0.1) is 18.3 Å². The predicted molar refractivity (Wildman–Crippen MR) is 124 cm³/mol. The molecule has 1 aliphatic rings. The second kappa shape index (κ2) is 8.20. The number of rotatable bonds is 2. The van der Waals surface area contributed by atoms with E-state index in [1.807, 2.05) is 79.2 Å². The Hall–Kier alpha value is -3.93. The van der Waals surface area contributed by atoms with Crippen molar-refractivity contribution in [2.75, 3.05) is 5.32 Å². The summed E-state index contributed by atoms with van der Waals surface area (Å²) in [6.45, 7) is 4.21. The van der Waals surface area contributed by atoms with Gasteiger partial charge >= 0.3 is 6.03 Å². The van der Waals surface area contributed by atoms with E-state index in [1.54, 1.807) is 4.90 Å². The molecule has 0 fully saturated rings. The van der Waals surface area contributed by atoms with Crippen molar-refractivity contribution >= 4 is 11.7 Å². The van der Waals surface area contributed by atoms with E-state index in [2.05, 4.69) is 5.32 Å². The molecule has 1 atom stereocenters. The number of urea groups is 1. The maximum absolute atomic E-state index is 14.2. The van der Waals surface area contributed by atoms with Crippen LogP contribution in [0.1, 0.15) is 34.0 Å². The lowest BCUT2D eigenvalue weighted by Crippen LogP contribution is -2.38. The molecule has 0 saturated carbocycles. The van der Waals surface area contributed by atoms with E-state index in [0.717, 1.165) is 34.1 Å². The number of anilines is 1. The van der Waals surface area contributed by atoms with Crippen molar-refractivity contribution in [3.63, 3.8) is 0 Å². The van der Waals surface area contributed by atoms with Crippen molar-refractivity contribution in [1.82, 2.24) is 9.47 Å². The summed E-state index contributed by atoms with van der Waals surface area (Å²) in [4.78, 5) is 15.3. The zero-order valence-electron chi connectivity index (χ0n) is 18.3. The van der Waals surface area contributed by atoms with Crippen LogP contribution in [0, 0.1) is 25.5 Å². The van der Waals surface area contributed by atoms with Gasteiger partial charge in [-0.05, 0) is 78.6 Å². The maximum atomic E-state index is 14.2. The summed E-state index contributed by atoms with van der Waals surface area (Å²) in [6.07, 6.45) is 1.90. The van der Waals surface area contributed by atoms with Gasteiger partial charge in [0.1, 0.15) is 11.6 Å². The van der Waals surface area contributed by atoms with E-state index in [4.69, 9.17) is 0 Å². The molecule has 3 aromatic carbocycles. The standard InChI is InChI=1S/C27H23F2N3O/c1-17-10-18(2)12-23(11-17)30-27(33)32-16-19-6-3-4-7-24(19)31-9-5-8-25(31)26(32)20-13-21(28)15-22(29)14-20/h3-15,26H,16H2,1-2H3,(H,30,33). The lowest BCUT2D eigenvalue weighted by atomic mass is 10.0. The first-order chi connectivity index (χ1) is 15.9. The number of aryl methyl sites for hydroxylation is 2. The third-order valence-electron chi connectivity index (χ3n) is 5.90. The number of nitrogens with one attached hydrogen (secondary N) is 1. The second-order valence-electron chi connectivity index (χ2n) is 8.47. The average Bonchev–Trinajstić information content (AvgIpc) is 3.16. The number of amides is 2. The molecule has 1 unspecified atom stereocenters. The molecule has 0 bridgehead atoms. The molecule has 6 heteroatoms. The Kier molecular flexibility index (Phi) is 5.21. The van der Waals surface area contributed by atoms with E-state index in [1.165, 1.54) is 12.1 Å². The molecule has 4 nitrogen and oxygen atoms in total. The molecule has 1 N–H and O–H groups in total. The number of aromatic nitrogens is 1. The van der Waals surface area contributed by atoms with Crippen molar-refractivity contribution in [2.45, 2.75) is 26.4 Å². The van der Waals surface area contributed by atoms with Crippen LogP contribution in [0.15, 0.2) is 79.0 Å². The zero-order valence-corrected chi connectivity index (χ0v) is 18.3. The van der Waals surface area contributed by atoms with Crippen LogP contribution < -0.4 is 5.32 Å². The van der Waals surface area contributed by atoms with E-state index < -0.39 is 17.7 Å². The van der Waals surface area contributed by atoms with Gasteiger partial charge < -0.3 is 14.8 Å². The number of hydrogen-bond donors (Lipinski definition) is 1. The van der Waals surface area contributed by atoms with Gasteiger partial charge in [0.15, 0.2) is 0 Å². The Balaban J connectivity index is 1.65. The summed E-state index contributed by atoms with van der Waals surface area (Å²) in [6, 6.07) is 19.8. The Bertz CT molecular complexity index is 1320. The predicted octanol–water partition coefficient (Wildman–Crippen LogP) is 6.51. The number of carbonyl (C=O) groups excluding carboxylic acids is 1. The highest BCUT2D eigenvalue weighted by atomic mass is 19.1. The van der Waals surface area contributed by atoms with Crippen molar-refractivity contribution in [3.05, 3.63) is 119 Å². The lowest BCUT2D eigenvalue weighted by molar-refractivity contribution is 0.194. The fourth-order valence-electron chi connectivity index (χ4n) is 4.67. The SMILES string of the molecule is Cc1cc(C)cc(NC(=O)N2Cc3ccccc3-n3cccc3C2c2cc(F)cc(F)c2)c1. The van der Waals surface area contributed by atoms with E-state index in [-0.39, 0.29) is 12.6 Å². The van der Waals surface area contributed by atoms with Crippen LogP contribution in [0.5, 0.6) is 0 Å². The third kappa shape index (κ3) is 4.00. The molecule has 166 valence electrons. The van der Waals surface area contributed by atoms with Crippen LogP contribution >= 0.6 is 0 Å². The summed E-state index contributed by atoms with van der Waals surface area (Å²) in [5.74, 6) is -1.36. The molecule has 4 aromatic rings. The minimum atomic E-state index is -0.691. The summed E-state index contributed by atoms with van der Waals surface area (Å²) in [5, 5.41) is 2.99. The molecular formula is C27H23F2N3O. The minimum absolute atomic E-state index is 0.275. The minimum Gasteiger partial charge on any atom is -0.318 e. The molecule has 0 aliphatic carbocycles. The Morgan fingerprint density at radius 2 is 1.61 bits per heavy atom. The molecule has 0 spiro atoms. The summed E-state index contributed by atoms with van der Waals surface area (Å²) >= 11 is 0. The van der Waals surface area contributed by atoms with Crippen molar-refractivity contribution in [2.24, 2.45) is 0 Å². The molecule has 2 amide bonds. The first-order valence-electron chi connectivity index (χ1n) is 10.8. The first kappa shape index (κ1) is 20.9. The fourth-order valence-corrected chi connectivity index (χ4v) is 4.67. The molecule has 5 rings (SSSR count). The normalized spacial score (nSPS) is 14.9. The first-order valence-corrected chi connectivity index (χ1v) is 10.8. The quantitative estimate of drug-likeness (QED) is 0.377. The number of carbonyl (C=O) groups is 1. The summed E-state index contributed by atoms with van der Waals surface area (Å²) in [5.41, 5.74) is 5.73. The molecule has 1 aromatic heterocycles. The van der Waals surface area contributed by atoms with E-state index in [0.29, 0.717) is 11.3 Å². The number of halogens is 2. The Morgan fingerprint density at radius 1 is 0.909 bits per heavy atom. The molecule has 0 radical (unpaired) electrons. The fraction of sp³-hybridized carbons (Fsp3) is 0.148. The van der Waals surface area contributed by atoms with Crippen molar-refractivity contribution in [3.8, 4) is 5.69 Å². The number of fused-ring (bicyclic) bond motifs is 3. The number of para-hydroxylation sites is 1. The molecule has 0 saturated heterocycles. The smallest absolute Gasteiger partial charge is 0.318 e. The van der Waals surface area contributed by atoms with Gasteiger partial charge in [0.2, 0.25) is 0 Å². The highest BCUT2D eigenvalue weighted by Gasteiger charge is 2.33. The van der Waals surface area contributed by atoms with Gasteiger partial charge in [0, 0.05) is 23.6 Å². The Labute approximate surface area is 191 Å². The molecule has 33 heavy (non-hydrogen) atoms. The van der Waals surface area contributed by atoms with Crippen LogP contribution in [-0.4, -0.2) is 15.5 Å². The van der Waals surface area contributed by atoms with E-state index >= 15 is 0 Å². The average molecular weight is 443 g/mol. The van der Waals surface area contributed by atoms with Gasteiger partial charge in [-0.1, -0.05) is 24.3 Å². The number of nitrogens with zero attached hydrogens (tertiary/aromatic N) is 2. The van der Waals surface area contributed by atoms with Gasteiger partial charge in [0.25, 0.3) is 0 Å². The third-order valence-corrected chi connectivity index (χ3v) is 5.90. The monoisotopic (exact) mass is 443 g/mol. The van der Waals surface area contributed by atoms with Crippen molar-refractivity contribution < 1.29 is 13.6 Å². The zero-order chi connectivity index (χ0) is 23.1. The van der Waals surface area contributed by atoms with Gasteiger partial charge in [-0.25, -0.2) is 13.6 Å². The number of benzene rings is 3. The number of hydrogen-bond acceptors (Lipinski definition) is 1. The highest BCUT2D eigenvalue weighted by Crippen LogP contribution is 2.37. The second-order valence-corrected chi connectivity index (χ2v) is 8.47. The largest absolute Gasteiger partial charge is 0.322 e. The highest BCUT2D eigenvalue weighted by molar-refractivity contribution is 5.90. The van der Waals surface area contributed by atoms with Gasteiger partial charge in [-0.3, -0.25) is 0 Å². The summed E-state index contributed by atoms with van der Waals surface area (Å²) in [7, 11) is 0. The summed E-state index contributed by atoms with van der Waals surface area (Å²) < 4.78 is 30.5. The van der Waals surface area contributed by atoms with Crippen LogP contribution in [0.4, 0.5) is 19.3 Å². The molecule has 2 heterocycles. The van der Waals surface area contributed by atoms with Gasteiger partial charge in [-0.15, -0.1) is 0 Å². The van der Waals surface area contributed by atoms with Crippen LogP contribution in [-0.2, 0) is 6.54 Å². The van der Waals surface area contributed by atoms with Crippen molar-refractivity contribution in [1.29, 1.82) is 0 Å². The van der Waals surface area contributed by atoms with Crippen LogP contribution in [0.25, 0.3) is 5.69 Å². The lowest BCUT2D eigenvalue weighted by Gasteiger charge is -2.31. The van der Waals surface area contributed by atoms with Crippen LogP contribution in [0.3, 0.4) is 0 Å². The maximum Gasteiger partial charge on any atom is 0.322 e. The molecule has 1 aliphatic heterocycles. The van der Waals surface area contributed by atoms with E-state index in [9.17, 15) is 13.6 Å². The van der Waals surface area contributed by atoms with Crippen LogP contribution in [0.2, 0.25) is 0 Å². The Morgan fingerprint density at radius 3 is 2.33 bits per heavy atom. The topological polar surface area (TPSA) is 37.3 Å².